The van der Waals surface area contributed by atoms with Crippen molar-refractivity contribution in [1.29, 1.82) is 0 Å². The summed E-state index contributed by atoms with van der Waals surface area (Å²) in [6.45, 7) is 5.05. The Labute approximate surface area is 159 Å². The van der Waals surface area contributed by atoms with Gasteiger partial charge in [-0.1, -0.05) is 12.1 Å². The maximum absolute atomic E-state index is 5.22. The summed E-state index contributed by atoms with van der Waals surface area (Å²) >= 11 is 0. The molecule has 0 saturated carbocycles. The van der Waals surface area contributed by atoms with Crippen molar-refractivity contribution < 1.29 is 4.74 Å². The van der Waals surface area contributed by atoms with Crippen molar-refractivity contribution in [2.75, 3.05) is 44.7 Å². The first-order valence-corrected chi connectivity index (χ1v) is 9.24. The van der Waals surface area contributed by atoms with Gasteiger partial charge in [0.25, 0.3) is 0 Å². The van der Waals surface area contributed by atoms with Crippen molar-refractivity contribution in [1.82, 2.24) is 24.6 Å². The Balaban J connectivity index is 1.30. The van der Waals surface area contributed by atoms with Crippen molar-refractivity contribution in [3.63, 3.8) is 0 Å². The van der Waals surface area contributed by atoms with Crippen molar-refractivity contribution in [2.24, 2.45) is 0 Å². The molecule has 0 radical (unpaired) electrons. The second-order valence-corrected chi connectivity index (χ2v) is 6.61. The average Bonchev–Trinajstić information content (AvgIpc) is 3.28. The van der Waals surface area contributed by atoms with Gasteiger partial charge in [-0.3, -0.25) is 9.88 Å². The molecule has 27 heavy (non-hydrogen) atoms. The predicted octanol–water partition coefficient (Wildman–Crippen LogP) is 2.04. The number of aromatic nitrogens is 4. The van der Waals surface area contributed by atoms with Crippen molar-refractivity contribution in [2.45, 2.75) is 6.42 Å². The molecule has 7 nitrogen and oxygen atoms in total. The van der Waals surface area contributed by atoms with E-state index in [2.05, 4.69) is 32.0 Å². The number of benzene rings is 1. The molecular weight excluding hydrogens is 340 g/mol. The van der Waals surface area contributed by atoms with Crippen LogP contribution in [0, 0.1) is 0 Å². The van der Waals surface area contributed by atoms with Gasteiger partial charge in [-0.2, -0.15) is 5.10 Å². The molecule has 3 aromatic rings. The van der Waals surface area contributed by atoms with E-state index in [-0.39, 0.29) is 0 Å². The first-order chi connectivity index (χ1) is 13.3. The zero-order valence-corrected chi connectivity index (χ0v) is 15.5. The van der Waals surface area contributed by atoms with Crippen LogP contribution in [0.5, 0.6) is 5.75 Å². The lowest BCUT2D eigenvalue weighted by Gasteiger charge is -2.35. The summed E-state index contributed by atoms with van der Waals surface area (Å²) < 4.78 is 6.95. The number of piperazine rings is 1. The van der Waals surface area contributed by atoms with Crippen LogP contribution in [0.25, 0.3) is 5.82 Å². The molecule has 0 N–H and O–H groups in total. The highest BCUT2D eigenvalue weighted by Gasteiger charge is 2.18. The Morgan fingerprint density at radius 2 is 1.78 bits per heavy atom. The highest BCUT2D eigenvalue weighted by molar-refractivity contribution is 5.39. The molecule has 0 atom stereocenters. The van der Waals surface area contributed by atoms with E-state index in [4.69, 9.17) is 9.72 Å². The minimum Gasteiger partial charge on any atom is -0.497 e. The second kappa shape index (κ2) is 8.18. The Kier molecular flexibility index (Phi) is 5.29. The molecule has 0 spiro atoms. The molecule has 0 amide bonds. The van der Waals surface area contributed by atoms with Crippen LogP contribution in [0.3, 0.4) is 0 Å². The van der Waals surface area contributed by atoms with E-state index in [1.165, 1.54) is 5.56 Å². The smallest absolute Gasteiger partial charge is 0.173 e. The van der Waals surface area contributed by atoms with Crippen LogP contribution >= 0.6 is 0 Å². The number of hydrogen-bond donors (Lipinski definition) is 0. The van der Waals surface area contributed by atoms with Crippen LogP contribution < -0.4 is 9.64 Å². The van der Waals surface area contributed by atoms with E-state index in [0.29, 0.717) is 0 Å². The number of rotatable bonds is 6. The van der Waals surface area contributed by atoms with Crippen LogP contribution in [0.15, 0.2) is 55.1 Å². The molecule has 2 aromatic heterocycles. The van der Waals surface area contributed by atoms with E-state index in [1.54, 1.807) is 24.2 Å². The van der Waals surface area contributed by atoms with Crippen molar-refractivity contribution in [3.05, 3.63) is 60.7 Å². The highest BCUT2D eigenvalue weighted by atomic mass is 16.5. The third-order valence-electron chi connectivity index (χ3n) is 4.92. The SMILES string of the molecule is COc1ccc(CCN2CCN(c3cncc(-n4cccn4)n3)CC2)cc1. The number of ether oxygens (including phenoxy) is 1. The maximum atomic E-state index is 5.22. The van der Waals surface area contributed by atoms with Gasteiger partial charge in [-0.05, 0) is 30.2 Å². The Morgan fingerprint density at radius 1 is 1.00 bits per heavy atom. The molecule has 0 bridgehead atoms. The van der Waals surface area contributed by atoms with E-state index in [9.17, 15) is 0 Å². The number of anilines is 1. The fourth-order valence-corrected chi connectivity index (χ4v) is 3.29. The average molecular weight is 364 g/mol. The van der Waals surface area contributed by atoms with Gasteiger partial charge in [0.05, 0.1) is 19.5 Å². The van der Waals surface area contributed by atoms with Gasteiger partial charge >= 0.3 is 0 Å². The van der Waals surface area contributed by atoms with Crippen molar-refractivity contribution >= 4 is 5.82 Å². The van der Waals surface area contributed by atoms with Crippen LogP contribution in [0.1, 0.15) is 5.56 Å². The zero-order valence-electron chi connectivity index (χ0n) is 15.5. The molecule has 1 aliphatic heterocycles. The molecule has 4 rings (SSSR count). The van der Waals surface area contributed by atoms with Gasteiger partial charge in [0.2, 0.25) is 0 Å². The standard InChI is InChI=1S/C20H24N6O/c1-27-18-5-3-17(4-6-18)7-10-24-11-13-25(14-12-24)19-15-21-16-20(23-19)26-9-2-8-22-26/h2-6,8-9,15-16H,7,10-14H2,1H3. The molecule has 1 aliphatic rings. The molecule has 1 fully saturated rings. The molecular formula is C20H24N6O. The molecule has 1 aromatic carbocycles. The Bertz CT molecular complexity index is 841. The lowest BCUT2D eigenvalue weighted by molar-refractivity contribution is 0.260. The largest absolute Gasteiger partial charge is 0.497 e. The van der Waals surface area contributed by atoms with Crippen LogP contribution in [0.2, 0.25) is 0 Å². The molecule has 3 heterocycles. The van der Waals surface area contributed by atoms with E-state index < -0.39 is 0 Å². The zero-order chi connectivity index (χ0) is 18.5. The fraction of sp³-hybridized carbons (Fsp3) is 0.350. The lowest BCUT2D eigenvalue weighted by Crippen LogP contribution is -2.47. The van der Waals surface area contributed by atoms with Gasteiger partial charge in [-0.25, -0.2) is 9.67 Å². The van der Waals surface area contributed by atoms with Crippen LogP contribution in [0.4, 0.5) is 5.82 Å². The summed E-state index contributed by atoms with van der Waals surface area (Å²) in [5, 5.41) is 4.23. The topological polar surface area (TPSA) is 59.3 Å². The highest BCUT2D eigenvalue weighted by Crippen LogP contribution is 2.16. The van der Waals surface area contributed by atoms with E-state index in [1.807, 2.05) is 30.6 Å². The van der Waals surface area contributed by atoms with E-state index in [0.717, 1.165) is 56.5 Å². The summed E-state index contributed by atoms with van der Waals surface area (Å²) in [6.07, 6.45) is 8.25. The van der Waals surface area contributed by atoms with Gasteiger partial charge in [0, 0.05) is 45.1 Å². The fourth-order valence-electron chi connectivity index (χ4n) is 3.29. The van der Waals surface area contributed by atoms with Crippen LogP contribution in [-0.4, -0.2) is 64.5 Å². The summed E-state index contributed by atoms with van der Waals surface area (Å²) in [7, 11) is 1.70. The van der Waals surface area contributed by atoms with Gasteiger partial charge in [-0.15, -0.1) is 0 Å². The number of hydrogen-bond acceptors (Lipinski definition) is 6. The summed E-state index contributed by atoms with van der Waals surface area (Å²) in [5.41, 5.74) is 1.34. The molecule has 7 heteroatoms. The minimum atomic E-state index is 0.749. The monoisotopic (exact) mass is 364 g/mol. The molecule has 0 unspecified atom stereocenters. The molecule has 0 aliphatic carbocycles. The quantitative estimate of drug-likeness (QED) is 0.667. The maximum Gasteiger partial charge on any atom is 0.173 e. The lowest BCUT2D eigenvalue weighted by atomic mass is 10.1. The third kappa shape index (κ3) is 4.25. The number of methoxy groups -OCH3 is 1. The molecule has 1 saturated heterocycles. The van der Waals surface area contributed by atoms with Gasteiger partial charge < -0.3 is 9.64 Å². The molecule has 140 valence electrons. The Morgan fingerprint density at radius 3 is 2.48 bits per heavy atom. The van der Waals surface area contributed by atoms with Crippen LogP contribution in [-0.2, 0) is 6.42 Å². The summed E-state index contributed by atoms with van der Waals surface area (Å²) in [5.74, 6) is 2.57. The number of nitrogens with zero attached hydrogens (tertiary/aromatic N) is 6. The second-order valence-electron chi connectivity index (χ2n) is 6.61. The first-order valence-electron chi connectivity index (χ1n) is 9.24. The predicted molar refractivity (Wildman–Crippen MR) is 105 cm³/mol. The van der Waals surface area contributed by atoms with E-state index >= 15 is 0 Å². The Hall–Kier alpha value is -2.93. The first kappa shape index (κ1) is 17.5. The summed E-state index contributed by atoms with van der Waals surface area (Å²) in [4.78, 5) is 13.8. The normalized spacial score (nSPS) is 15.1. The summed E-state index contributed by atoms with van der Waals surface area (Å²) in [6, 6.07) is 10.2. The van der Waals surface area contributed by atoms with Crippen molar-refractivity contribution in [3.8, 4) is 11.6 Å². The minimum absolute atomic E-state index is 0.749. The third-order valence-corrected chi connectivity index (χ3v) is 4.92. The van der Waals surface area contributed by atoms with Gasteiger partial charge in [0.1, 0.15) is 11.6 Å². The van der Waals surface area contributed by atoms with Gasteiger partial charge in [0.15, 0.2) is 5.82 Å².